The van der Waals surface area contributed by atoms with Crippen LogP contribution in [-0.4, -0.2) is 49.9 Å². The van der Waals surface area contributed by atoms with Gasteiger partial charge in [0, 0.05) is 13.1 Å². The van der Waals surface area contributed by atoms with E-state index in [0.29, 0.717) is 13.1 Å². The molecule has 210 valence electrons. The Morgan fingerprint density at radius 3 is 2.69 bits per heavy atom. The molecule has 0 amide bonds. The van der Waals surface area contributed by atoms with Gasteiger partial charge in [-0.15, -0.1) is 0 Å². The molecule has 0 radical (unpaired) electrons. The smallest absolute Gasteiger partial charge is 0.266 e. The first-order valence-corrected chi connectivity index (χ1v) is 14.4. The maximum absolute atomic E-state index is 13.4. The van der Waals surface area contributed by atoms with Crippen molar-refractivity contribution in [3.63, 3.8) is 0 Å². The lowest BCUT2D eigenvalue weighted by molar-refractivity contribution is -0.00786. The molecule has 0 fully saturated rings. The zero-order valence-electron chi connectivity index (χ0n) is 23.6. The Morgan fingerprint density at radius 2 is 2.05 bits per heavy atom. The van der Waals surface area contributed by atoms with Crippen molar-refractivity contribution >= 4 is 21.9 Å². The van der Waals surface area contributed by atoms with Gasteiger partial charge in [0.2, 0.25) is 11.9 Å². The van der Waals surface area contributed by atoms with E-state index in [4.69, 9.17) is 9.47 Å². The summed E-state index contributed by atoms with van der Waals surface area (Å²) in [6.45, 7) is 22.7. The SMILES string of the molecule is C=C/C=C\C1OCN2Cc3cc(C(C)(C)C)ccc3C(C2)OC(C=C)=NC(=NC(C)/C=C\C(=C)C)NS1(=O)=O. The van der Waals surface area contributed by atoms with Gasteiger partial charge in [0.1, 0.15) is 12.8 Å². The Morgan fingerprint density at radius 1 is 1.31 bits per heavy atom. The molecule has 4 unspecified atom stereocenters. The van der Waals surface area contributed by atoms with E-state index in [1.54, 1.807) is 6.08 Å². The Labute approximate surface area is 233 Å². The number of fused-ring (bicyclic) bond motifs is 4. The van der Waals surface area contributed by atoms with E-state index in [1.165, 1.54) is 29.9 Å². The molecule has 0 saturated carbocycles. The van der Waals surface area contributed by atoms with Crippen molar-refractivity contribution in [2.45, 2.75) is 64.2 Å². The van der Waals surface area contributed by atoms with Crippen LogP contribution < -0.4 is 4.72 Å². The monoisotopic (exact) mass is 552 g/mol. The number of allylic oxidation sites excluding steroid dienone is 4. The predicted molar refractivity (Wildman–Crippen MR) is 159 cm³/mol. The molecule has 0 saturated heterocycles. The van der Waals surface area contributed by atoms with Crippen molar-refractivity contribution in [2.75, 3.05) is 13.3 Å². The molecule has 9 heteroatoms. The van der Waals surface area contributed by atoms with Crippen LogP contribution in [0.25, 0.3) is 0 Å². The lowest BCUT2D eigenvalue weighted by atomic mass is 9.83. The number of ether oxygens (including phenoxy) is 2. The summed E-state index contributed by atoms with van der Waals surface area (Å²) in [6, 6.07) is 6.02. The van der Waals surface area contributed by atoms with Gasteiger partial charge in [-0.2, -0.15) is 4.99 Å². The van der Waals surface area contributed by atoms with Gasteiger partial charge in [-0.1, -0.05) is 88.6 Å². The van der Waals surface area contributed by atoms with Crippen molar-refractivity contribution in [3.8, 4) is 0 Å². The Kier molecular flexibility index (Phi) is 9.88. The van der Waals surface area contributed by atoms with Crippen LogP contribution in [0.5, 0.6) is 0 Å². The molecule has 2 heterocycles. The quantitative estimate of drug-likeness (QED) is 0.484. The fourth-order valence-corrected chi connectivity index (χ4v) is 5.14. The molecule has 2 bridgehead atoms. The summed E-state index contributed by atoms with van der Waals surface area (Å²) in [4.78, 5) is 10.9. The second kappa shape index (κ2) is 12.7. The maximum atomic E-state index is 13.4. The number of rotatable bonds is 6. The molecule has 39 heavy (non-hydrogen) atoms. The van der Waals surface area contributed by atoms with Gasteiger partial charge in [0.15, 0.2) is 5.44 Å². The molecule has 0 aromatic heterocycles. The fourth-order valence-electron chi connectivity index (χ4n) is 4.13. The van der Waals surface area contributed by atoms with Crippen LogP contribution >= 0.6 is 0 Å². The Bertz CT molecular complexity index is 1320. The summed E-state index contributed by atoms with van der Waals surface area (Å²) in [5.41, 5.74) is 2.86. The third kappa shape index (κ3) is 8.36. The van der Waals surface area contributed by atoms with Crippen molar-refractivity contribution in [3.05, 3.63) is 96.7 Å². The van der Waals surface area contributed by atoms with Crippen LogP contribution in [0.1, 0.15) is 57.4 Å². The molecule has 0 aliphatic carbocycles. The third-order valence-corrected chi connectivity index (χ3v) is 7.55. The number of hydrogen-bond acceptors (Lipinski definition) is 6. The van der Waals surface area contributed by atoms with E-state index < -0.39 is 21.5 Å². The highest BCUT2D eigenvalue weighted by molar-refractivity contribution is 7.90. The Hall–Kier alpha value is -3.27. The largest absolute Gasteiger partial charge is 0.468 e. The molecular formula is C30H40N4O4S. The summed E-state index contributed by atoms with van der Waals surface area (Å²) in [5, 5.41) is 0. The standard InChI is InChI=1S/C30H40N4O4S/c1-9-11-12-28-37-20-34-18-23-17-24(30(6,7)8)15-16-25(23)26(19-34)38-27(10-2)32-29(33-39(28,35)36)31-22(5)14-13-21(3)4/h9-17,22,26,28H,1-3,18-20H2,4-8H3,(H,31,33)/b12-11-,14-13-,32-27?. The van der Waals surface area contributed by atoms with E-state index >= 15 is 0 Å². The molecule has 1 aromatic carbocycles. The van der Waals surface area contributed by atoms with E-state index in [2.05, 4.69) is 73.4 Å². The highest BCUT2D eigenvalue weighted by Gasteiger charge is 2.32. The van der Waals surface area contributed by atoms with E-state index in [1.807, 2.05) is 24.8 Å². The van der Waals surface area contributed by atoms with Gasteiger partial charge >= 0.3 is 0 Å². The average molecular weight is 553 g/mol. The first-order valence-electron chi connectivity index (χ1n) is 12.9. The lowest BCUT2D eigenvalue weighted by Crippen LogP contribution is -2.43. The van der Waals surface area contributed by atoms with Gasteiger partial charge in [-0.05, 0) is 48.1 Å². The van der Waals surface area contributed by atoms with Crippen LogP contribution in [0.2, 0.25) is 0 Å². The summed E-state index contributed by atoms with van der Waals surface area (Å²) in [6.07, 6.45) is 9.17. The maximum Gasteiger partial charge on any atom is 0.266 e. The molecular weight excluding hydrogens is 512 g/mol. The summed E-state index contributed by atoms with van der Waals surface area (Å²) >= 11 is 0. The number of sulfonamides is 1. The molecule has 4 atom stereocenters. The number of guanidine groups is 1. The van der Waals surface area contributed by atoms with Gasteiger partial charge < -0.3 is 9.47 Å². The van der Waals surface area contributed by atoms with Crippen molar-refractivity contribution in [2.24, 2.45) is 9.98 Å². The Balaban J connectivity index is 2.13. The van der Waals surface area contributed by atoms with Gasteiger partial charge in [-0.3, -0.25) is 4.90 Å². The van der Waals surface area contributed by atoms with Crippen molar-refractivity contribution in [1.82, 2.24) is 9.62 Å². The van der Waals surface area contributed by atoms with E-state index in [0.717, 1.165) is 16.7 Å². The first-order chi connectivity index (χ1) is 18.3. The summed E-state index contributed by atoms with van der Waals surface area (Å²) in [5.74, 6) is 0.0193. The van der Waals surface area contributed by atoms with Crippen molar-refractivity contribution < 1.29 is 17.9 Å². The van der Waals surface area contributed by atoms with Gasteiger partial charge in [0.25, 0.3) is 10.0 Å². The minimum atomic E-state index is -4.10. The molecule has 8 nitrogen and oxygen atoms in total. The first kappa shape index (κ1) is 30.3. The number of nitrogens with zero attached hydrogens (tertiary/aromatic N) is 3. The summed E-state index contributed by atoms with van der Waals surface area (Å²) < 4.78 is 41.6. The highest BCUT2D eigenvalue weighted by Crippen LogP contribution is 2.33. The molecule has 2 aliphatic heterocycles. The zero-order valence-corrected chi connectivity index (χ0v) is 24.4. The van der Waals surface area contributed by atoms with E-state index in [-0.39, 0.29) is 30.1 Å². The molecule has 2 aliphatic rings. The number of benzene rings is 1. The molecule has 3 rings (SSSR count). The fraction of sp³-hybridized carbons (Fsp3) is 0.400. The van der Waals surface area contributed by atoms with Gasteiger partial charge in [-0.25, -0.2) is 18.1 Å². The van der Waals surface area contributed by atoms with Crippen LogP contribution in [0, 0.1) is 0 Å². The van der Waals surface area contributed by atoms with Crippen LogP contribution in [0.15, 0.2) is 89.9 Å². The minimum absolute atomic E-state index is 0.0281. The molecule has 0 spiro atoms. The average Bonchev–Trinajstić information content (AvgIpc) is 2.85. The number of aliphatic imine (C=N–C) groups is 2. The molecule has 1 aromatic rings. The second-order valence-corrected chi connectivity index (χ2v) is 12.5. The van der Waals surface area contributed by atoms with E-state index in [9.17, 15) is 8.42 Å². The molecule has 1 N–H and O–H groups in total. The van der Waals surface area contributed by atoms with Crippen LogP contribution in [0.3, 0.4) is 0 Å². The zero-order chi connectivity index (χ0) is 28.8. The highest BCUT2D eigenvalue weighted by atomic mass is 32.2. The number of nitrogens with one attached hydrogen (secondary N) is 1. The van der Waals surface area contributed by atoms with Gasteiger partial charge in [0.05, 0.1) is 6.04 Å². The normalized spacial score (nSPS) is 25.4. The van der Waals surface area contributed by atoms with Crippen molar-refractivity contribution in [1.29, 1.82) is 0 Å². The third-order valence-electron chi connectivity index (χ3n) is 6.18. The second-order valence-electron chi connectivity index (χ2n) is 10.8. The summed E-state index contributed by atoms with van der Waals surface area (Å²) in [7, 11) is -4.10. The lowest BCUT2D eigenvalue weighted by Gasteiger charge is -2.36. The van der Waals surface area contributed by atoms with Crippen LogP contribution in [0.4, 0.5) is 0 Å². The minimum Gasteiger partial charge on any atom is -0.468 e. The van der Waals surface area contributed by atoms with Crippen LogP contribution in [-0.2, 0) is 31.5 Å². The topological polar surface area (TPSA) is 92.6 Å². The predicted octanol–water partition coefficient (Wildman–Crippen LogP) is 5.29. The number of hydrogen-bond donors (Lipinski definition) is 1.